The minimum atomic E-state index is -0.0171. The normalized spacial score (nSPS) is 27.8. The number of hydrogen-bond acceptors (Lipinski definition) is 3. The van der Waals surface area contributed by atoms with Gasteiger partial charge < -0.3 is 10.6 Å². The first-order valence-electron chi connectivity index (χ1n) is 11.4. The molecular weight excluding hydrogens is 382 g/mol. The quantitative estimate of drug-likeness (QED) is 0.614. The monoisotopic (exact) mass is 409 g/mol. The summed E-state index contributed by atoms with van der Waals surface area (Å²) < 4.78 is 0. The van der Waals surface area contributed by atoms with E-state index in [4.69, 9.17) is 0 Å². The van der Waals surface area contributed by atoms with Crippen molar-refractivity contribution < 1.29 is 4.79 Å². The van der Waals surface area contributed by atoms with E-state index in [0.29, 0.717) is 24.4 Å². The van der Waals surface area contributed by atoms with Crippen molar-refractivity contribution in [1.29, 1.82) is 0 Å². The number of fused-ring (bicyclic) bond motifs is 7. The predicted octanol–water partition coefficient (Wildman–Crippen LogP) is 5.31. The van der Waals surface area contributed by atoms with Crippen molar-refractivity contribution in [2.45, 2.75) is 37.8 Å². The zero-order valence-corrected chi connectivity index (χ0v) is 17.5. The van der Waals surface area contributed by atoms with Gasteiger partial charge in [0, 0.05) is 30.2 Å². The number of benzene rings is 2. The molecule has 4 nitrogen and oxygen atoms in total. The van der Waals surface area contributed by atoms with E-state index >= 15 is 0 Å². The maximum absolute atomic E-state index is 12.9. The van der Waals surface area contributed by atoms with E-state index in [1.807, 2.05) is 18.2 Å². The number of aromatic nitrogens is 1. The SMILES string of the molecule is O=C(NCc1cccnc1)c1ccc2c(c1)[C@H]1[C@@H]3CC[C@H](C3)[C@@H]1[C@H](c1ccccc1)N2. The van der Waals surface area contributed by atoms with Gasteiger partial charge in [-0.1, -0.05) is 36.4 Å². The van der Waals surface area contributed by atoms with Gasteiger partial charge in [0.1, 0.15) is 0 Å². The molecule has 31 heavy (non-hydrogen) atoms. The zero-order valence-electron chi connectivity index (χ0n) is 17.5. The van der Waals surface area contributed by atoms with Crippen molar-refractivity contribution >= 4 is 11.6 Å². The molecule has 0 radical (unpaired) electrons. The second-order valence-corrected chi connectivity index (χ2v) is 9.32. The van der Waals surface area contributed by atoms with Crippen molar-refractivity contribution in [2.24, 2.45) is 17.8 Å². The van der Waals surface area contributed by atoms with Crippen LogP contribution in [0.4, 0.5) is 5.69 Å². The fourth-order valence-corrected chi connectivity index (χ4v) is 6.40. The van der Waals surface area contributed by atoms with Gasteiger partial charge in [-0.25, -0.2) is 0 Å². The summed E-state index contributed by atoms with van der Waals surface area (Å²) in [5, 5.41) is 6.90. The summed E-state index contributed by atoms with van der Waals surface area (Å²) >= 11 is 0. The van der Waals surface area contributed by atoms with Crippen LogP contribution in [-0.2, 0) is 6.54 Å². The molecule has 5 atom stereocenters. The van der Waals surface area contributed by atoms with E-state index in [1.54, 1.807) is 12.4 Å². The van der Waals surface area contributed by atoms with Gasteiger partial charge in [0.15, 0.2) is 0 Å². The Labute approximate surface area is 183 Å². The van der Waals surface area contributed by atoms with E-state index in [2.05, 4.69) is 58.1 Å². The molecule has 2 aliphatic carbocycles. The smallest absolute Gasteiger partial charge is 0.251 e. The van der Waals surface area contributed by atoms with Gasteiger partial charge in [0.05, 0.1) is 6.04 Å². The first-order valence-corrected chi connectivity index (χ1v) is 11.4. The topological polar surface area (TPSA) is 54.0 Å². The van der Waals surface area contributed by atoms with E-state index in [1.165, 1.54) is 36.1 Å². The second kappa shape index (κ2) is 7.52. The van der Waals surface area contributed by atoms with Gasteiger partial charge in [0.2, 0.25) is 0 Å². The van der Waals surface area contributed by atoms with Gasteiger partial charge in [-0.3, -0.25) is 9.78 Å². The maximum atomic E-state index is 12.9. The predicted molar refractivity (Wildman–Crippen MR) is 122 cm³/mol. The van der Waals surface area contributed by atoms with Crippen molar-refractivity contribution in [3.05, 3.63) is 95.3 Å². The first kappa shape index (κ1) is 18.6. The van der Waals surface area contributed by atoms with Crippen molar-refractivity contribution in [1.82, 2.24) is 10.3 Å². The molecule has 2 heterocycles. The van der Waals surface area contributed by atoms with Crippen LogP contribution in [-0.4, -0.2) is 10.9 Å². The molecule has 2 fully saturated rings. The van der Waals surface area contributed by atoms with Crippen LogP contribution in [0, 0.1) is 17.8 Å². The molecule has 1 aliphatic heterocycles. The van der Waals surface area contributed by atoms with E-state index in [0.717, 1.165) is 23.0 Å². The highest BCUT2D eigenvalue weighted by Crippen LogP contribution is 2.63. The van der Waals surface area contributed by atoms with Crippen LogP contribution in [0.3, 0.4) is 0 Å². The molecule has 2 bridgehead atoms. The third kappa shape index (κ3) is 3.21. The summed E-state index contributed by atoms with van der Waals surface area (Å²) in [6.07, 6.45) is 7.54. The number of pyridine rings is 1. The van der Waals surface area contributed by atoms with Crippen molar-refractivity contribution in [3.8, 4) is 0 Å². The third-order valence-corrected chi connectivity index (χ3v) is 7.68. The zero-order chi connectivity index (χ0) is 20.8. The van der Waals surface area contributed by atoms with E-state index in [9.17, 15) is 4.79 Å². The van der Waals surface area contributed by atoms with Crippen molar-refractivity contribution in [3.63, 3.8) is 0 Å². The van der Waals surface area contributed by atoms with Crippen LogP contribution < -0.4 is 10.6 Å². The fraction of sp³-hybridized carbons (Fsp3) is 0.333. The summed E-state index contributed by atoms with van der Waals surface area (Å²) in [6, 6.07) is 21.4. The second-order valence-electron chi connectivity index (χ2n) is 9.32. The minimum absolute atomic E-state index is 0.0171. The molecule has 0 spiro atoms. The molecule has 156 valence electrons. The summed E-state index contributed by atoms with van der Waals surface area (Å²) in [4.78, 5) is 17.0. The van der Waals surface area contributed by atoms with Gasteiger partial charge in [0.25, 0.3) is 5.91 Å². The van der Waals surface area contributed by atoms with Gasteiger partial charge in [-0.05, 0) is 83.9 Å². The lowest BCUT2D eigenvalue weighted by atomic mass is 9.68. The van der Waals surface area contributed by atoms with Crippen LogP contribution in [0.5, 0.6) is 0 Å². The highest BCUT2D eigenvalue weighted by Gasteiger charge is 2.53. The summed E-state index contributed by atoms with van der Waals surface area (Å²) in [7, 11) is 0. The lowest BCUT2D eigenvalue weighted by Crippen LogP contribution is -2.35. The van der Waals surface area contributed by atoms with Crippen molar-refractivity contribution in [2.75, 3.05) is 5.32 Å². The summed E-state index contributed by atoms with van der Waals surface area (Å²) in [6.45, 7) is 0.495. The lowest BCUT2D eigenvalue weighted by molar-refractivity contribution is 0.0950. The first-order chi connectivity index (χ1) is 15.3. The number of carbonyl (C=O) groups is 1. The molecule has 0 unspecified atom stereocenters. The number of rotatable bonds is 4. The van der Waals surface area contributed by atoms with Crippen LogP contribution in [0.1, 0.15) is 58.3 Å². The summed E-state index contributed by atoms with van der Waals surface area (Å²) in [5.41, 5.74) is 5.69. The molecule has 0 saturated heterocycles. The molecule has 2 aromatic carbocycles. The Morgan fingerprint density at radius 2 is 1.90 bits per heavy atom. The Hall–Kier alpha value is -3.14. The van der Waals surface area contributed by atoms with Gasteiger partial charge in [-0.2, -0.15) is 0 Å². The number of carbonyl (C=O) groups excluding carboxylic acids is 1. The molecule has 3 aliphatic rings. The minimum Gasteiger partial charge on any atom is -0.378 e. The molecule has 4 heteroatoms. The Bertz CT molecular complexity index is 1100. The molecule has 1 amide bonds. The van der Waals surface area contributed by atoms with Crippen LogP contribution in [0.25, 0.3) is 0 Å². The summed E-state index contributed by atoms with van der Waals surface area (Å²) in [5.74, 6) is 2.67. The fourth-order valence-electron chi connectivity index (χ4n) is 6.40. The number of hydrogen-bond donors (Lipinski definition) is 2. The average Bonchev–Trinajstić information content (AvgIpc) is 3.46. The highest BCUT2D eigenvalue weighted by molar-refractivity contribution is 5.95. The lowest BCUT2D eigenvalue weighted by Gasteiger charge is -2.43. The number of nitrogens with one attached hydrogen (secondary N) is 2. The molecule has 2 N–H and O–H groups in total. The largest absolute Gasteiger partial charge is 0.378 e. The molecule has 2 saturated carbocycles. The van der Waals surface area contributed by atoms with Gasteiger partial charge >= 0.3 is 0 Å². The van der Waals surface area contributed by atoms with Gasteiger partial charge in [-0.15, -0.1) is 0 Å². The Kier molecular flexibility index (Phi) is 4.52. The molecule has 6 rings (SSSR count). The number of nitrogens with zero attached hydrogens (tertiary/aromatic N) is 1. The Morgan fingerprint density at radius 1 is 1.03 bits per heavy atom. The van der Waals surface area contributed by atoms with E-state index < -0.39 is 0 Å². The molecular formula is C27H27N3O. The average molecular weight is 410 g/mol. The van der Waals surface area contributed by atoms with E-state index in [-0.39, 0.29) is 5.91 Å². The van der Waals surface area contributed by atoms with Crippen LogP contribution >= 0.6 is 0 Å². The number of anilines is 1. The molecule has 1 aromatic heterocycles. The Morgan fingerprint density at radius 3 is 2.74 bits per heavy atom. The standard InChI is InChI=1S/C27H27N3O/c31-27(29-16-17-5-4-12-28-15-17)21-10-11-23-22(14-21)24-19-8-9-20(13-19)25(24)26(30-23)18-6-2-1-3-7-18/h1-7,10-12,14-15,19-20,24-26,30H,8-9,13,16H2,(H,29,31)/t19-,20-,24-,25+,26+/m1/s1. The van der Waals surface area contributed by atoms with Crippen LogP contribution in [0.2, 0.25) is 0 Å². The molecule has 3 aromatic rings. The maximum Gasteiger partial charge on any atom is 0.251 e. The Balaban J connectivity index is 1.30. The number of amides is 1. The third-order valence-electron chi connectivity index (χ3n) is 7.68. The highest BCUT2D eigenvalue weighted by atomic mass is 16.1. The van der Waals surface area contributed by atoms with Crippen LogP contribution in [0.15, 0.2) is 73.1 Å².